The highest BCUT2D eigenvalue weighted by Crippen LogP contribution is 2.29. The predicted octanol–water partition coefficient (Wildman–Crippen LogP) is 19.3. The lowest BCUT2D eigenvalue weighted by Crippen LogP contribution is -2.31. The lowest BCUT2D eigenvalue weighted by atomic mass is 9.95. The molecule has 5 heteroatoms. The van der Waals surface area contributed by atoms with E-state index >= 15 is 0 Å². The second-order valence-corrected chi connectivity index (χ2v) is 22.8. The molecule has 0 spiro atoms. The van der Waals surface area contributed by atoms with Gasteiger partial charge in [0.2, 0.25) is 28.5 Å². The van der Waals surface area contributed by atoms with Crippen LogP contribution < -0.4 is 22.8 Å². The second-order valence-electron chi connectivity index (χ2n) is 22.8. The third-order valence-corrected chi connectivity index (χ3v) is 15.5. The number of hydrogen-bond acceptors (Lipinski definition) is 0. The van der Waals surface area contributed by atoms with Crippen molar-refractivity contribution >= 4 is 0 Å². The van der Waals surface area contributed by atoms with Gasteiger partial charge in [-0.3, -0.25) is 0 Å². The van der Waals surface area contributed by atoms with Crippen LogP contribution in [0.15, 0.2) is 183 Å². The molecule has 10 aromatic rings. The van der Waals surface area contributed by atoms with Crippen molar-refractivity contribution in [3.63, 3.8) is 0 Å². The van der Waals surface area contributed by atoms with Crippen LogP contribution >= 0.6 is 0 Å². The van der Waals surface area contributed by atoms with Crippen molar-refractivity contribution < 1.29 is 68.1 Å². The van der Waals surface area contributed by atoms with Gasteiger partial charge in [0.15, 0.2) is 31.0 Å². The molecule has 0 fully saturated rings. The molecule has 0 aliphatic rings. The Kier molecular flexibility index (Phi) is 13.5. The maximum atomic E-state index is 8.25. The number of hydrogen-bond donors (Lipinski definition) is 0. The highest BCUT2D eigenvalue weighted by molar-refractivity contribution is 5.65. The average Bonchev–Trinajstić information content (AvgIpc) is 0.775. The lowest BCUT2D eigenvalue weighted by Gasteiger charge is -2.11. The lowest BCUT2D eigenvalue weighted by molar-refractivity contribution is -0.661. The van der Waals surface area contributed by atoms with Crippen LogP contribution in [0.1, 0.15) is 221 Å². The fourth-order valence-electron chi connectivity index (χ4n) is 10.4. The number of aryl methyl sites for hydroxylation is 16. The largest absolute Gasteiger partial charge is 0.212 e. The second kappa shape index (κ2) is 32.5. The van der Waals surface area contributed by atoms with Crippen molar-refractivity contribution in [2.24, 2.45) is 35.2 Å². The van der Waals surface area contributed by atoms with Gasteiger partial charge >= 0.3 is 0 Å². The molecule has 5 aromatic heterocycles. The Hall–Kier alpha value is -8.15. The maximum Gasteiger partial charge on any atom is 0.212 e. The Labute approximate surface area is 591 Å². The van der Waals surface area contributed by atoms with Gasteiger partial charge in [-0.25, -0.2) is 22.8 Å². The molecular weight excluding hydrogens is 1090 g/mol. The van der Waals surface area contributed by atoms with Gasteiger partial charge in [0.25, 0.3) is 0 Å². The summed E-state index contributed by atoms with van der Waals surface area (Å²) in [5.41, 5.74) is 17.2. The smallest absolute Gasteiger partial charge is 0.201 e. The quantitative estimate of drug-likeness (QED) is 0.115. The van der Waals surface area contributed by atoms with E-state index in [1.165, 1.54) is 34.6 Å². The minimum Gasteiger partial charge on any atom is -0.201 e. The molecule has 0 aliphatic heterocycles. The van der Waals surface area contributed by atoms with Gasteiger partial charge in [0.1, 0.15) is 35.2 Å². The third-order valence-electron chi connectivity index (χ3n) is 15.5. The van der Waals surface area contributed by atoms with Gasteiger partial charge in [-0.05, 0) is 204 Å². The molecule has 90 heavy (non-hydrogen) atoms. The summed E-state index contributed by atoms with van der Waals surface area (Å²) in [4.78, 5) is 0. The fraction of sp³-hybridized carbons (Fsp3) is 0.353. The van der Waals surface area contributed by atoms with Crippen molar-refractivity contribution in [2.75, 3.05) is 0 Å². The summed E-state index contributed by atoms with van der Waals surface area (Å²) in [6.07, 6.45) is 6.89. The first kappa shape index (κ1) is 37.2. The van der Waals surface area contributed by atoms with E-state index in [1.54, 1.807) is 199 Å². The topological polar surface area (TPSA) is 19.4 Å². The molecule has 0 saturated carbocycles. The molecule has 4 unspecified atom stereocenters. The number of nitrogens with zero attached hydrogens (tertiary/aromatic N) is 5. The van der Waals surface area contributed by atoms with Crippen LogP contribution in [-0.2, 0) is 48.0 Å². The van der Waals surface area contributed by atoms with E-state index in [-0.39, 0.29) is 17.5 Å². The minimum atomic E-state index is -2.45. The van der Waals surface area contributed by atoms with Gasteiger partial charge in [-0.1, -0.05) is 141 Å². The fourth-order valence-corrected chi connectivity index (χ4v) is 10.4. The first-order valence-corrected chi connectivity index (χ1v) is 29.5. The Morgan fingerprint density at radius 3 is 0.956 bits per heavy atom. The first-order valence-electron chi connectivity index (χ1n) is 46.0. The summed E-state index contributed by atoms with van der Waals surface area (Å²) < 4.78 is 260. The Balaban J connectivity index is 0.000000238. The molecule has 4 atom stereocenters. The van der Waals surface area contributed by atoms with Crippen LogP contribution in [0.5, 0.6) is 0 Å². The Bertz CT molecular complexity index is 5140. The Morgan fingerprint density at radius 1 is 0.333 bits per heavy atom. The van der Waals surface area contributed by atoms with Gasteiger partial charge in [0, 0.05) is 131 Å². The van der Waals surface area contributed by atoms with Gasteiger partial charge in [-0.2, -0.15) is 0 Å². The van der Waals surface area contributed by atoms with Crippen LogP contribution in [-0.4, -0.2) is 0 Å². The van der Waals surface area contributed by atoms with E-state index in [1.807, 2.05) is 76.6 Å². The number of pyridine rings is 5. The molecule has 0 saturated heterocycles. The van der Waals surface area contributed by atoms with Crippen LogP contribution in [0.2, 0.25) is 0 Å². The SMILES string of the molecule is [2H]C([2H])([2H])C([2H])(C)c1ccc(-c2ccc(C([2H])(C)C([2H])([2H])[2H])c[n+]2C)c(C)c1.[2H]C([2H])([2H])Cc1ccc(-c2ccc(C([2H])([2H])[2H])c[n+]2C)c(C)c1.[2H]C([2H])([2H])c1ccc(-c2ccc(C([2H])(C)C([2H])([2H])[2H])c[n+]2C)c(C)c1.[2H]C([2H])([2H])c1ccc(-c2ccc(C([2H])(C)C([2H])([2H])[2H])cc2C)[n+](C)c1.[2H]C([2H])([2H])c1ccc(-c2ccc(C([2H])([2H])C)c[n+]2C)c(C)c1. The van der Waals surface area contributed by atoms with Crippen molar-refractivity contribution in [3.05, 3.63) is 266 Å². The monoisotopic (exact) mass is 1230 g/mol. The summed E-state index contributed by atoms with van der Waals surface area (Å²) in [5.74, 6) is -6.84. The highest BCUT2D eigenvalue weighted by Gasteiger charge is 2.19. The van der Waals surface area contributed by atoms with Crippen LogP contribution in [0, 0.1) is 62.0 Å². The molecule has 0 N–H and O–H groups in total. The zero-order valence-corrected chi connectivity index (χ0v) is 54.8. The molecule has 0 radical (unpaired) electrons. The summed E-state index contributed by atoms with van der Waals surface area (Å²) >= 11 is 0. The van der Waals surface area contributed by atoms with E-state index in [2.05, 4.69) is 0 Å². The van der Waals surface area contributed by atoms with E-state index in [0.29, 0.717) is 38.9 Å². The summed E-state index contributed by atoms with van der Waals surface area (Å²) in [7, 11) is 9.00. The minimum absolute atomic E-state index is 0.0399. The zero-order chi connectivity index (χ0) is 94.2. The van der Waals surface area contributed by atoms with E-state index in [0.717, 1.165) is 89.7 Å². The summed E-state index contributed by atoms with van der Waals surface area (Å²) in [5, 5.41) is 0. The van der Waals surface area contributed by atoms with Crippen LogP contribution in [0.3, 0.4) is 0 Å². The molecule has 470 valence electrons. The van der Waals surface area contributed by atoms with Gasteiger partial charge in [-0.15, -0.1) is 0 Å². The van der Waals surface area contributed by atoms with Gasteiger partial charge in [0.05, 0.1) is 0 Å². The Morgan fingerprint density at radius 2 is 0.633 bits per heavy atom. The average molecular weight is 1240 g/mol. The molecule has 0 amide bonds. The molecule has 0 bridgehead atoms. The van der Waals surface area contributed by atoms with Crippen LogP contribution in [0.4, 0.5) is 0 Å². The van der Waals surface area contributed by atoms with E-state index < -0.39 is 91.6 Å². The molecule has 5 heterocycles. The summed E-state index contributed by atoms with van der Waals surface area (Å²) in [6.45, 7) is -3.88. The molecule has 5 nitrogen and oxygen atoms in total. The van der Waals surface area contributed by atoms with Crippen molar-refractivity contribution in [1.29, 1.82) is 0 Å². The van der Waals surface area contributed by atoms with E-state index in [4.69, 9.17) is 45.2 Å². The maximum absolute atomic E-state index is 8.25. The van der Waals surface area contributed by atoms with Crippen LogP contribution in [0.25, 0.3) is 56.3 Å². The zero-order valence-electron chi connectivity index (χ0n) is 87.8. The molecule has 10 rings (SSSR count). The van der Waals surface area contributed by atoms with Gasteiger partial charge < -0.3 is 0 Å². The third kappa shape index (κ3) is 19.0. The number of benzene rings is 5. The highest BCUT2D eigenvalue weighted by atomic mass is 14.9. The molecular formula is C85H110N5+5. The number of aromatic nitrogens is 5. The van der Waals surface area contributed by atoms with Crippen molar-refractivity contribution in [2.45, 2.75) is 167 Å². The predicted molar refractivity (Wildman–Crippen MR) is 383 cm³/mol. The van der Waals surface area contributed by atoms with Crippen molar-refractivity contribution in [3.8, 4) is 56.3 Å². The molecule has 0 aliphatic carbocycles. The standard InChI is InChI=1S/C19H26N.2C17H22N.2C16H20N/c1-13(2)16-7-9-18(15(5)11-16)19-10-8-17(14(3)4)12-20(19)6;1-12(2)15-7-8-16(14(4)10-15)17-9-6-13(3)11-18(17)5;1-12(2)15-7-9-17(18(5)11-15)16-8-6-13(3)10-14(16)4;1-5-14-7-8-15(13(3)10-14)16-9-6-12(2)11-17(16)4;1-5-14-7-9-16(17(4)11-14)15-8-6-12(2)10-13(15)3/h7-14H,1-6H3;2*6-12H,1-5H3;2*6-11H,5H2,1-4H3/q5*+1/i1D3,3D3,13D,14D;2*1D3,3D3,12D;1D3,2D3;2D3,5D2. The van der Waals surface area contributed by atoms with E-state index in [9.17, 15) is 0 Å². The molecule has 5 aromatic carbocycles. The normalized spacial score (nSPS) is 20.4. The number of rotatable bonds is 11. The first-order chi connectivity index (χ1) is 55.5. The van der Waals surface area contributed by atoms with Crippen molar-refractivity contribution in [1.82, 2.24) is 0 Å². The summed E-state index contributed by atoms with van der Waals surface area (Å²) in [6, 6.07) is 43.1.